The first-order valence-corrected chi connectivity index (χ1v) is 10.7. The van der Waals surface area contributed by atoms with Crippen molar-refractivity contribution < 1.29 is 12.7 Å². The van der Waals surface area contributed by atoms with Crippen LogP contribution in [0.1, 0.15) is 41.9 Å². The molecule has 1 aliphatic heterocycles. The zero-order valence-electron chi connectivity index (χ0n) is 17.0. The summed E-state index contributed by atoms with van der Waals surface area (Å²) >= 11 is 1.50. The van der Waals surface area contributed by atoms with E-state index in [2.05, 4.69) is 61.6 Å². The maximum absolute atomic E-state index is 12.7. The van der Waals surface area contributed by atoms with Crippen LogP contribution in [0.15, 0.2) is 42.7 Å². The van der Waals surface area contributed by atoms with Crippen LogP contribution in [0.2, 0.25) is 0 Å². The lowest BCUT2D eigenvalue weighted by Gasteiger charge is -2.48. The van der Waals surface area contributed by atoms with E-state index in [0.717, 1.165) is 25.7 Å². The van der Waals surface area contributed by atoms with Crippen LogP contribution in [0.25, 0.3) is 0 Å². The number of carbonyl (C=O) groups excluding carboxylic acids is 2. The highest BCUT2D eigenvalue weighted by Crippen LogP contribution is 2.46. The lowest BCUT2D eigenvalue weighted by Crippen LogP contribution is -2.54. The molecule has 1 N–H and O–H groups in total. The first kappa shape index (κ1) is 21.0. The van der Waals surface area contributed by atoms with E-state index in [-0.39, 0.29) is 22.9 Å². The number of nitrogens with zero attached hydrogens (tertiary/aromatic N) is 4. The molecule has 0 radical (unpaired) electrons. The minimum Gasteiger partial charge on any atom is -0.389 e. The second-order valence-corrected chi connectivity index (χ2v) is 8.66. The van der Waals surface area contributed by atoms with Gasteiger partial charge in [-0.1, -0.05) is 30.3 Å². The summed E-state index contributed by atoms with van der Waals surface area (Å²) in [5.74, 6) is -0.642. The largest absolute Gasteiger partial charge is 0.389 e. The SMILES string of the molecule is CN(C)C1(c2ccccc2)CCC2(CC1)CN(c1cnc(C(=O)OI)nc1)C(=O)N2. The van der Waals surface area contributed by atoms with Gasteiger partial charge in [0.15, 0.2) is 23.0 Å². The summed E-state index contributed by atoms with van der Waals surface area (Å²) in [6, 6.07) is 10.4. The Morgan fingerprint density at radius 1 is 1.13 bits per heavy atom. The average molecular weight is 521 g/mol. The predicted octanol–water partition coefficient (Wildman–Crippen LogP) is 3.28. The highest BCUT2D eigenvalue weighted by atomic mass is 127. The third-order valence-corrected chi connectivity index (χ3v) is 6.88. The third-order valence-electron chi connectivity index (χ3n) is 6.48. The molecule has 2 fully saturated rings. The second-order valence-electron chi connectivity index (χ2n) is 8.22. The Kier molecular flexibility index (Phi) is 5.67. The maximum Gasteiger partial charge on any atom is 0.385 e. The Labute approximate surface area is 189 Å². The summed E-state index contributed by atoms with van der Waals surface area (Å²) in [6.45, 7) is 0.559. The van der Waals surface area contributed by atoms with Crippen LogP contribution in [-0.4, -0.2) is 53.0 Å². The molecule has 2 aromatic rings. The van der Waals surface area contributed by atoms with Crippen molar-refractivity contribution in [2.75, 3.05) is 25.5 Å². The van der Waals surface area contributed by atoms with Gasteiger partial charge in [-0.05, 0) is 45.3 Å². The normalized spacial score (nSPS) is 26.1. The van der Waals surface area contributed by atoms with E-state index in [1.54, 1.807) is 4.90 Å². The van der Waals surface area contributed by atoms with Crippen LogP contribution in [0.4, 0.5) is 10.5 Å². The summed E-state index contributed by atoms with van der Waals surface area (Å²) in [4.78, 5) is 36.3. The van der Waals surface area contributed by atoms with Crippen molar-refractivity contribution in [3.8, 4) is 0 Å². The molecule has 0 bridgehead atoms. The summed E-state index contributed by atoms with van der Waals surface area (Å²) in [6.07, 6.45) is 6.64. The predicted molar refractivity (Wildman–Crippen MR) is 120 cm³/mol. The van der Waals surface area contributed by atoms with Crippen LogP contribution >= 0.6 is 23.0 Å². The number of hydrogen-bond acceptors (Lipinski definition) is 6. The number of urea groups is 1. The molecule has 2 aliphatic rings. The topological polar surface area (TPSA) is 87.7 Å². The molecule has 1 aliphatic carbocycles. The lowest BCUT2D eigenvalue weighted by molar-refractivity contribution is 0.0658. The van der Waals surface area contributed by atoms with E-state index in [9.17, 15) is 9.59 Å². The first-order chi connectivity index (χ1) is 14.4. The van der Waals surface area contributed by atoms with Crippen molar-refractivity contribution in [3.05, 3.63) is 54.1 Å². The molecule has 8 nitrogen and oxygen atoms in total. The van der Waals surface area contributed by atoms with E-state index < -0.39 is 5.97 Å². The number of benzene rings is 1. The van der Waals surface area contributed by atoms with Gasteiger partial charge in [-0.2, -0.15) is 0 Å². The Morgan fingerprint density at radius 3 is 2.33 bits per heavy atom. The molecule has 1 saturated heterocycles. The van der Waals surface area contributed by atoms with Gasteiger partial charge in [0.25, 0.3) is 0 Å². The number of hydrogen-bond donors (Lipinski definition) is 1. The third kappa shape index (κ3) is 3.64. The van der Waals surface area contributed by atoms with E-state index >= 15 is 0 Å². The van der Waals surface area contributed by atoms with Gasteiger partial charge >= 0.3 is 12.0 Å². The zero-order valence-corrected chi connectivity index (χ0v) is 19.1. The summed E-state index contributed by atoms with van der Waals surface area (Å²) in [5.41, 5.74) is 1.58. The average Bonchev–Trinajstić information content (AvgIpc) is 3.10. The Morgan fingerprint density at radius 2 is 1.77 bits per heavy atom. The van der Waals surface area contributed by atoms with Gasteiger partial charge in [-0.3, -0.25) is 9.80 Å². The van der Waals surface area contributed by atoms with Crippen LogP contribution in [-0.2, 0) is 8.61 Å². The monoisotopic (exact) mass is 521 g/mol. The molecule has 4 rings (SSSR count). The van der Waals surface area contributed by atoms with Gasteiger partial charge in [0, 0.05) is 5.54 Å². The van der Waals surface area contributed by atoms with E-state index in [1.165, 1.54) is 41.0 Å². The first-order valence-electron chi connectivity index (χ1n) is 9.87. The molecule has 1 spiro atoms. The molecule has 1 aromatic carbocycles. The van der Waals surface area contributed by atoms with Gasteiger partial charge in [-0.25, -0.2) is 19.6 Å². The van der Waals surface area contributed by atoms with E-state index in [1.807, 2.05) is 6.07 Å². The second kappa shape index (κ2) is 8.10. The summed E-state index contributed by atoms with van der Waals surface area (Å²) < 4.78 is 4.60. The Hall–Kier alpha value is -2.27. The van der Waals surface area contributed by atoms with Crippen LogP contribution in [0, 0.1) is 0 Å². The van der Waals surface area contributed by atoms with Crippen LogP contribution < -0.4 is 10.2 Å². The quantitative estimate of drug-likeness (QED) is 0.622. The van der Waals surface area contributed by atoms with Crippen molar-refractivity contribution in [1.29, 1.82) is 0 Å². The Bertz CT molecular complexity index is 927. The van der Waals surface area contributed by atoms with Crippen molar-refractivity contribution in [2.45, 2.75) is 36.8 Å². The van der Waals surface area contributed by atoms with E-state index in [4.69, 9.17) is 0 Å². The standard InChI is InChI=1S/C21H24IN5O3/c1-26(2)21(15-6-4-3-5-7-15)10-8-20(9-11-21)14-27(19(29)25-20)16-12-23-17(24-13-16)18(28)30-22/h3-7,12-13H,8-11,14H2,1-2H3,(H,25,29). The minimum absolute atomic E-state index is 0.0289. The zero-order chi connectivity index (χ0) is 21.4. The smallest absolute Gasteiger partial charge is 0.385 e. The minimum atomic E-state index is -0.613. The number of halogens is 1. The van der Waals surface area contributed by atoms with Crippen LogP contribution in [0.3, 0.4) is 0 Å². The molecule has 1 aromatic heterocycles. The number of amides is 2. The van der Waals surface area contributed by atoms with Gasteiger partial charge in [0.2, 0.25) is 5.82 Å². The molecule has 2 amide bonds. The molecule has 2 heterocycles. The van der Waals surface area contributed by atoms with Crippen molar-refractivity contribution >= 4 is 40.7 Å². The van der Waals surface area contributed by atoms with Gasteiger partial charge < -0.3 is 8.38 Å². The van der Waals surface area contributed by atoms with Gasteiger partial charge in [0.1, 0.15) is 0 Å². The van der Waals surface area contributed by atoms with Crippen molar-refractivity contribution in [3.63, 3.8) is 0 Å². The number of anilines is 1. The van der Waals surface area contributed by atoms with Crippen molar-refractivity contribution in [2.24, 2.45) is 0 Å². The van der Waals surface area contributed by atoms with E-state index in [0.29, 0.717) is 12.2 Å². The Balaban J connectivity index is 1.51. The maximum atomic E-state index is 12.7. The molecule has 158 valence electrons. The number of rotatable bonds is 4. The fourth-order valence-corrected chi connectivity index (χ4v) is 4.88. The summed E-state index contributed by atoms with van der Waals surface area (Å²) in [5, 5.41) is 3.21. The molecule has 9 heteroatoms. The number of aromatic nitrogens is 2. The number of carbonyl (C=O) groups is 2. The molecule has 1 saturated carbocycles. The van der Waals surface area contributed by atoms with Gasteiger partial charge in [-0.15, -0.1) is 0 Å². The molecule has 0 atom stereocenters. The molecule has 30 heavy (non-hydrogen) atoms. The van der Waals surface area contributed by atoms with Crippen molar-refractivity contribution in [1.82, 2.24) is 20.2 Å². The highest BCUT2D eigenvalue weighted by Gasteiger charge is 2.50. The fourth-order valence-electron chi connectivity index (χ4n) is 4.69. The molecular formula is C21H24IN5O3. The lowest BCUT2D eigenvalue weighted by atomic mass is 9.69. The summed E-state index contributed by atoms with van der Waals surface area (Å²) in [7, 11) is 4.26. The molecule has 0 unspecified atom stereocenters. The number of nitrogens with one attached hydrogen (secondary N) is 1. The fraction of sp³-hybridized carbons (Fsp3) is 0.429. The van der Waals surface area contributed by atoms with Gasteiger partial charge in [0.05, 0.1) is 30.2 Å². The molecular weight excluding hydrogens is 497 g/mol. The van der Waals surface area contributed by atoms with Crippen LogP contribution in [0.5, 0.6) is 0 Å². The highest BCUT2D eigenvalue weighted by molar-refractivity contribution is 14.1.